The van der Waals surface area contributed by atoms with E-state index >= 15 is 0 Å². The van der Waals surface area contributed by atoms with Crippen LogP contribution in [0.4, 0.5) is 4.79 Å². The molecule has 3 amide bonds. The summed E-state index contributed by atoms with van der Waals surface area (Å²) in [6.07, 6.45) is 10.0. The second-order valence-electron chi connectivity index (χ2n) is 8.08. The molecule has 1 saturated carbocycles. The molecule has 0 aromatic heterocycles. The van der Waals surface area contributed by atoms with E-state index in [0.29, 0.717) is 17.9 Å². The van der Waals surface area contributed by atoms with Crippen LogP contribution in [-0.4, -0.2) is 54.0 Å². The number of rotatable bonds is 2. The standard InChI is InChI=1S/C19H33N3O2/c1-15-6-5-11-22(14-15)18(23)16-9-12-21(13-10-16)19(24)20-17-7-3-2-4-8-17/h15-17H,2-14H2,1H3,(H,20,24). The van der Waals surface area contributed by atoms with E-state index < -0.39 is 0 Å². The number of nitrogens with zero attached hydrogens (tertiary/aromatic N) is 2. The van der Waals surface area contributed by atoms with Crippen LogP contribution in [0, 0.1) is 11.8 Å². The van der Waals surface area contributed by atoms with Gasteiger partial charge in [-0.1, -0.05) is 26.2 Å². The normalized spacial score (nSPS) is 27.1. The molecule has 5 nitrogen and oxygen atoms in total. The van der Waals surface area contributed by atoms with Crippen molar-refractivity contribution in [1.29, 1.82) is 0 Å². The summed E-state index contributed by atoms with van der Waals surface area (Å²) in [5.74, 6) is 1.08. The summed E-state index contributed by atoms with van der Waals surface area (Å²) in [4.78, 5) is 29.1. The molecule has 0 bridgehead atoms. The number of nitrogens with one attached hydrogen (secondary N) is 1. The van der Waals surface area contributed by atoms with Crippen LogP contribution in [0.1, 0.15) is 64.7 Å². The van der Waals surface area contributed by atoms with Gasteiger partial charge in [-0.25, -0.2) is 4.79 Å². The summed E-state index contributed by atoms with van der Waals surface area (Å²) in [7, 11) is 0. The van der Waals surface area contributed by atoms with Gasteiger partial charge in [0.1, 0.15) is 0 Å². The van der Waals surface area contributed by atoms with Crippen LogP contribution in [0.15, 0.2) is 0 Å². The third-order valence-corrected chi connectivity index (χ3v) is 6.03. The van der Waals surface area contributed by atoms with E-state index in [1.165, 1.54) is 25.7 Å². The van der Waals surface area contributed by atoms with Crippen LogP contribution >= 0.6 is 0 Å². The molecule has 2 aliphatic heterocycles. The lowest BCUT2D eigenvalue weighted by Gasteiger charge is -2.37. The summed E-state index contributed by atoms with van der Waals surface area (Å²) >= 11 is 0. The summed E-state index contributed by atoms with van der Waals surface area (Å²) < 4.78 is 0. The van der Waals surface area contributed by atoms with Crippen molar-refractivity contribution >= 4 is 11.9 Å². The molecule has 1 aliphatic carbocycles. The number of piperidine rings is 2. The first-order valence-electron chi connectivity index (χ1n) is 9.97. The monoisotopic (exact) mass is 335 g/mol. The molecule has 2 saturated heterocycles. The number of amides is 3. The van der Waals surface area contributed by atoms with Crippen LogP contribution in [0.25, 0.3) is 0 Å². The third kappa shape index (κ3) is 4.42. The number of carbonyl (C=O) groups is 2. The van der Waals surface area contributed by atoms with Crippen molar-refractivity contribution in [3.05, 3.63) is 0 Å². The van der Waals surface area contributed by atoms with Crippen LogP contribution in [0.3, 0.4) is 0 Å². The predicted molar refractivity (Wildman–Crippen MR) is 94.7 cm³/mol. The first-order chi connectivity index (χ1) is 11.6. The van der Waals surface area contributed by atoms with Crippen LogP contribution in [0.2, 0.25) is 0 Å². The molecule has 3 rings (SSSR count). The average molecular weight is 335 g/mol. The fourth-order valence-electron chi connectivity index (χ4n) is 4.49. The first kappa shape index (κ1) is 17.6. The maximum Gasteiger partial charge on any atom is 0.317 e. The van der Waals surface area contributed by atoms with Crippen molar-refractivity contribution in [2.75, 3.05) is 26.2 Å². The van der Waals surface area contributed by atoms with Crippen molar-refractivity contribution < 1.29 is 9.59 Å². The molecular weight excluding hydrogens is 302 g/mol. The molecule has 0 spiro atoms. The van der Waals surface area contributed by atoms with Gasteiger partial charge in [0.05, 0.1) is 0 Å². The minimum atomic E-state index is 0.0828. The molecule has 0 aromatic rings. The maximum absolute atomic E-state index is 12.7. The molecule has 1 unspecified atom stereocenters. The molecule has 3 aliphatic rings. The van der Waals surface area contributed by atoms with Gasteiger partial charge >= 0.3 is 6.03 Å². The van der Waals surface area contributed by atoms with Gasteiger partial charge in [-0.05, 0) is 44.4 Å². The summed E-state index contributed by atoms with van der Waals surface area (Å²) in [5.41, 5.74) is 0. The Morgan fingerprint density at radius 3 is 2.21 bits per heavy atom. The largest absolute Gasteiger partial charge is 0.342 e. The zero-order valence-electron chi connectivity index (χ0n) is 15.1. The lowest BCUT2D eigenvalue weighted by molar-refractivity contribution is -0.138. The van der Waals surface area contributed by atoms with Gasteiger partial charge in [0.2, 0.25) is 5.91 Å². The summed E-state index contributed by atoms with van der Waals surface area (Å²) in [5, 5.41) is 3.19. The lowest BCUT2D eigenvalue weighted by Crippen LogP contribution is -2.50. The predicted octanol–water partition coefficient (Wildman–Crippen LogP) is 3.00. The number of hydrogen-bond acceptors (Lipinski definition) is 2. The highest BCUT2D eigenvalue weighted by Gasteiger charge is 2.32. The van der Waals surface area contributed by atoms with Gasteiger partial charge < -0.3 is 15.1 Å². The van der Waals surface area contributed by atoms with Gasteiger partial charge in [-0.15, -0.1) is 0 Å². The highest BCUT2D eigenvalue weighted by Crippen LogP contribution is 2.24. The molecule has 3 fully saturated rings. The quantitative estimate of drug-likeness (QED) is 0.843. The molecule has 0 radical (unpaired) electrons. The Balaban J connectivity index is 1.43. The Hall–Kier alpha value is -1.26. The highest BCUT2D eigenvalue weighted by molar-refractivity contribution is 5.80. The van der Waals surface area contributed by atoms with Gasteiger partial charge in [-0.3, -0.25) is 4.79 Å². The minimum absolute atomic E-state index is 0.0828. The number of likely N-dealkylation sites (tertiary alicyclic amines) is 2. The highest BCUT2D eigenvalue weighted by atomic mass is 16.2. The Kier molecular flexibility index (Phi) is 6.01. The van der Waals surface area contributed by atoms with E-state index in [1.807, 2.05) is 4.90 Å². The fraction of sp³-hybridized carbons (Fsp3) is 0.895. The Bertz CT molecular complexity index is 440. The zero-order chi connectivity index (χ0) is 16.9. The lowest BCUT2D eigenvalue weighted by atomic mass is 9.92. The van der Waals surface area contributed by atoms with E-state index in [1.54, 1.807) is 0 Å². The van der Waals surface area contributed by atoms with Gasteiger partial charge in [-0.2, -0.15) is 0 Å². The van der Waals surface area contributed by atoms with Crippen LogP contribution in [0.5, 0.6) is 0 Å². The second-order valence-corrected chi connectivity index (χ2v) is 8.08. The molecule has 24 heavy (non-hydrogen) atoms. The second kappa shape index (κ2) is 8.21. The van der Waals surface area contributed by atoms with Crippen molar-refractivity contribution in [3.63, 3.8) is 0 Å². The first-order valence-corrected chi connectivity index (χ1v) is 9.97. The van der Waals surface area contributed by atoms with Crippen molar-refractivity contribution in [3.8, 4) is 0 Å². The maximum atomic E-state index is 12.7. The van der Waals surface area contributed by atoms with Crippen molar-refractivity contribution in [2.45, 2.75) is 70.8 Å². The van der Waals surface area contributed by atoms with E-state index in [0.717, 1.165) is 58.3 Å². The molecule has 2 heterocycles. The molecule has 1 atom stereocenters. The van der Waals surface area contributed by atoms with Crippen LogP contribution < -0.4 is 5.32 Å². The SMILES string of the molecule is CC1CCCN(C(=O)C2CCN(C(=O)NC3CCCCC3)CC2)C1. The molecule has 0 aromatic carbocycles. The number of urea groups is 1. The topological polar surface area (TPSA) is 52.7 Å². The van der Waals surface area contributed by atoms with E-state index in [2.05, 4.69) is 17.1 Å². The van der Waals surface area contributed by atoms with E-state index in [4.69, 9.17) is 0 Å². The van der Waals surface area contributed by atoms with Crippen molar-refractivity contribution in [1.82, 2.24) is 15.1 Å². The number of carbonyl (C=O) groups excluding carboxylic acids is 2. The van der Waals surface area contributed by atoms with E-state index in [-0.39, 0.29) is 11.9 Å². The Morgan fingerprint density at radius 2 is 1.54 bits per heavy atom. The van der Waals surface area contributed by atoms with Gasteiger partial charge in [0, 0.05) is 38.1 Å². The minimum Gasteiger partial charge on any atom is -0.342 e. The summed E-state index contributed by atoms with van der Waals surface area (Å²) in [6.45, 7) is 5.51. The van der Waals surface area contributed by atoms with Gasteiger partial charge in [0.15, 0.2) is 0 Å². The van der Waals surface area contributed by atoms with Crippen molar-refractivity contribution in [2.24, 2.45) is 11.8 Å². The molecule has 1 N–H and O–H groups in total. The molecule has 5 heteroatoms. The zero-order valence-corrected chi connectivity index (χ0v) is 15.1. The van der Waals surface area contributed by atoms with Gasteiger partial charge in [0.25, 0.3) is 0 Å². The average Bonchev–Trinajstić information content (AvgIpc) is 2.62. The smallest absolute Gasteiger partial charge is 0.317 e. The fourth-order valence-corrected chi connectivity index (χ4v) is 4.49. The van der Waals surface area contributed by atoms with E-state index in [9.17, 15) is 9.59 Å². The Morgan fingerprint density at radius 1 is 0.833 bits per heavy atom. The summed E-state index contributed by atoms with van der Waals surface area (Å²) in [6, 6.07) is 0.444. The molecule has 136 valence electrons. The molecular formula is C19H33N3O2. The number of hydrogen-bond donors (Lipinski definition) is 1. The van der Waals surface area contributed by atoms with Crippen LogP contribution in [-0.2, 0) is 4.79 Å². The third-order valence-electron chi connectivity index (χ3n) is 6.03. The Labute approximate surface area is 146 Å².